The van der Waals surface area contributed by atoms with Gasteiger partial charge in [0.15, 0.2) is 0 Å². The van der Waals surface area contributed by atoms with E-state index in [2.05, 4.69) is 30.1 Å². The van der Waals surface area contributed by atoms with Crippen LogP contribution in [0.1, 0.15) is 39.0 Å². The molecule has 1 N–H and O–H groups in total. The van der Waals surface area contributed by atoms with Crippen molar-refractivity contribution in [1.82, 2.24) is 15.1 Å². The fourth-order valence-electron chi connectivity index (χ4n) is 2.63. The zero-order valence-corrected chi connectivity index (χ0v) is 17.9. The number of carbonyl (C=O) groups excluding carboxylic acids is 1. The lowest BCUT2D eigenvalue weighted by Gasteiger charge is -2.23. The first-order valence-electron chi connectivity index (χ1n) is 9.26. The lowest BCUT2D eigenvalue weighted by Crippen LogP contribution is -2.40. The SMILES string of the molecule is CC(C)(C)OC(=O)N[C@@H]1CCO[C@H]1c1ccn(COCC[Si](C)(C)C)n1. The largest absolute Gasteiger partial charge is 0.444 e. The Morgan fingerprint density at radius 1 is 1.42 bits per heavy atom. The number of carbonyl (C=O) groups is 1. The smallest absolute Gasteiger partial charge is 0.407 e. The van der Waals surface area contributed by atoms with Gasteiger partial charge in [-0.25, -0.2) is 9.48 Å². The molecule has 0 bridgehead atoms. The molecule has 0 aromatic carbocycles. The molecule has 2 heterocycles. The third-order valence-corrected chi connectivity index (χ3v) is 5.67. The predicted octanol–water partition coefficient (Wildman–Crippen LogP) is 3.55. The lowest BCUT2D eigenvalue weighted by atomic mass is 10.1. The van der Waals surface area contributed by atoms with Crippen molar-refractivity contribution >= 4 is 14.2 Å². The predicted molar refractivity (Wildman–Crippen MR) is 103 cm³/mol. The zero-order chi connectivity index (χ0) is 19.4. The summed E-state index contributed by atoms with van der Waals surface area (Å²) in [5.74, 6) is 0. The van der Waals surface area contributed by atoms with Gasteiger partial charge < -0.3 is 19.5 Å². The Morgan fingerprint density at radius 2 is 2.15 bits per heavy atom. The van der Waals surface area contributed by atoms with Gasteiger partial charge in [-0.05, 0) is 39.3 Å². The second-order valence-electron chi connectivity index (χ2n) is 8.96. The van der Waals surface area contributed by atoms with Gasteiger partial charge in [0.1, 0.15) is 18.4 Å². The summed E-state index contributed by atoms with van der Waals surface area (Å²) in [6.07, 6.45) is 1.94. The number of aromatic nitrogens is 2. The zero-order valence-electron chi connectivity index (χ0n) is 16.9. The number of hydrogen-bond donors (Lipinski definition) is 1. The molecule has 8 heteroatoms. The highest BCUT2D eigenvalue weighted by molar-refractivity contribution is 6.76. The molecule has 0 saturated carbocycles. The minimum atomic E-state index is -1.08. The van der Waals surface area contributed by atoms with Gasteiger partial charge in [0.05, 0.1) is 11.7 Å². The summed E-state index contributed by atoms with van der Waals surface area (Å²) < 4.78 is 18.6. The van der Waals surface area contributed by atoms with Crippen LogP contribution in [0.3, 0.4) is 0 Å². The van der Waals surface area contributed by atoms with Gasteiger partial charge in [0.25, 0.3) is 0 Å². The minimum absolute atomic E-state index is 0.138. The number of rotatable bonds is 7. The normalized spacial score (nSPS) is 21.0. The first-order chi connectivity index (χ1) is 12.0. The van der Waals surface area contributed by atoms with Gasteiger partial charge in [-0.3, -0.25) is 0 Å². The summed E-state index contributed by atoms with van der Waals surface area (Å²) in [7, 11) is -1.08. The molecule has 1 saturated heterocycles. The van der Waals surface area contributed by atoms with Crippen molar-refractivity contribution < 1.29 is 19.0 Å². The molecule has 26 heavy (non-hydrogen) atoms. The first kappa shape index (κ1) is 20.9. The average molecular weight is 384 g/mol. The molecule has 1 aliphatic rings. The van der Waals surface area contributed by atoms with E-state index in [0.717, 1.165) is 24.8 Å². The van der Waals surface area contributed by atoms with Gasteiger partial charge in [-0.15, -0.1) is 0 Å². The van der Waals surface area contributed by atoms with Crippen LogP contribution in [0.5, 0.6) is 0 Å². The summed E-state index contributed by atoms with van der Waals surface area (Å²) in [5, 5.41) is 7.44. The van der Waals surface area contributed by atoms with Crippen LogP contribution < -0.4 is 5.32 Å². The average Bonchev–Trinajstić information content (AvgIpc) is 3.09. The Kier molecular flexibility index (Phi) is 6.87. The fraction of sp³-hybridized carbons (Fsp3) is 0.778. The van der Waals surface area contributed by atoms with E-state index in [1.54, 1.807) is 4.68 Å². The highest BCUT2D eigenvalue weighted by atomic mass is 28.3. The molecule has 0 radical (unpaired) electrons. The summed E-state index contributed by atoms with van der Waals surface area (Å²) in [4.78, 5) is 12.0. The van der Waals surface area contributed by atoms with Crippen LogP contribution in [0, 0.1) is 0 Å². The van der Waals surface area contributed by atoms with Crippen molar-refractivity contribution in [2.75, 3.05) is 13.2 Å². The summed E-state index contributed by atoms with van der Waals surface area (Å²) in [6.45, 7) is 14.3. The summed E-state index contributed by atoms with van der Waals surface area (Å²) >= 11 is 0. The Bertz CT molecular complexity index is 592. The van der Waals surface area contributed by atoms with Crippen molar-refractivity contribution in [1.29, 1.82) is 0 Å². The highest BCUT2D eigenvalue weighted by Crippen LogP contribution is 2.28. The highest BCUT2D eigenvalue weighted by Gasteiger charge is 2.33. The van der Waals surface area contributed by atoms with Gasteiger partial charge in [-0.2, -0.15) is 5.10 Å². The van der Waals surface area contributed by atoms with Crippen molar-refractivity contribution in [2.45, 2.75) is 77.4 Å². The van der Waals surface area contributed by atoms with Crippen LogP contribution in [-0.2, 0) is 20.9 Å². The lowest BCUT2D eigenvalue weighted by molar-refractivity contribution is 0.0437. The van der Waals surface area contributed by atoms with Crippen LogP contribution in [0.25, 0.3) is 0 Å². The minimum Gasteiger partial charge on any atom is -0.444 e. The van der Waals surface area contributed by atoms with E-state index < -0.39 is 19.8 Å². The van der Waals surface area contributed by atoms with E-state index >= 15 is 0 Å². The van der Waals surface area contributed by atoms with E-state index in [4.69, 9.17) is 14.2 Å². The topological polar surface area (TPSA) is 74.6 Å². The second kappa shape index (κ2) is 8.54. The summed E-state index contributed by atoms with van der Waals surface area (Å²) in [6, 6.07) is 2.91. The number of nitrogens with zero attached hydrogens (tertiary/aromatic N) is 2. The number of nitrogens with one attached hydrogen (secondary N) is 1. The number of amides is 1. The van der Waals surface area contributed by atoms with Crippen molar-refractivity contribution in [3.8, 4) is 0 Å². The maximum Gasteiger partial charge on any atom is 0.407 e. The van der Waals surface area contributed by atoms with Crippen LogP contribution in [0.4, 0.5) is 4.79 Å². The third kappa shape index (κ3) is 7.09. The van der Waals surface area contributed by atoms with Gasteiger partial charge >= 0.3 is 6.09 Å². The van der Waals surface area contributed by atoms with Crippen molar-refractivity contribution in [3.63, 3.8) is 0 Å². The molecule has 0 aliphatic carbocycles. The van der Waals surface area contributed by atoms with E-state index in [0.29, 0.717) is 13.3 Å². The molecule has 1 aromatic rings. The maximum atomic E-state index is 12.0. The van der Waals surface area contributed by atoms with Crippen molar-refractivity contribution in [3.05, 3.63) is 18.0 Å². The Hall–Kier alpha value is -1.38. The van der Waals surface area contributed by atoms with Crippen LogP contribution >= 0.6 is 0 Å². The molecule has 0 unspecified atom stereocenters. The van der Waals surface area contributed by atoms with Crippen molar-refractivity contribution in [2.24, 2.45) is 0 Å². The second-order valence-corrected chi connectivity index (χ2v) is 14.6. The summed E-state index contributed by atoms with van der Waals surface area (Å²) in [5.41, 5.74) is 0.283. The fourth-order valence-corrected chi connectivity index (χ4v) is 3.38. The molecule has 148 valence electrons. The Labute approximate surface area is 157 Å². The van der Waals surface area contributed by atoms with Gasteiger partial charge in [-0.1, -0.05) is 19.6 Å². The van der Waals surface area contributed by atoms with Gasteiger partial charge in [0.2, 0.25) is 0 Å². The number of alkyl carbamates (subject to hydrolysis) is 1. The Balaban J connectivity index is 1.85. The molecule has 7 nitrogen and oxygen atoms in total. The van der Waals surface area contributed by atoms with Crippen LogP contribution in [0.2, 0.25) is 25.7 Å². The first-order valence-corrected chi connectivity index (χ1v) is 13.0. The molecule has 1 aromatic heterocycles. The molecule has 1 amide bonds. The van der Waals surface area contributed by atoms with Crippen LogP contribution in [0.15, 0.2) is 12.3 Å². The van der Waals surface area contributed by atoms with E-state index in [9.17, 15) is 4.79 Å². The molecule has 1 aliphatic heterocycles. The number of hydrogen-bond acceptors (Lipinski definition) is 5. The van der Waals surface area contributed by atoms with E-state index in [1.165, 1.54) is 0 Å². The van der Waals surface area contributed by atoms with E-state index in [1.807, 2.05) is 33.0 Å². The molecular weight excluding hydrogens is 350 g/mol. The molecule has 2 rings (SSSR count). The Morgan fingerprint density at radius 3 is 2.81 bits per heavy atom. The molecular formula is C18H33N3O4Si. The molecule has 1 fully saturated rings. The third-order valence-electron chi connectivity index (χ3n) is 3.97. The quantitative estimate of drug-likeness (QED) is 0.576. The van der Waals surface area contributed by atoms with Gasteiger partial charge in [0, 0.05) is 27.5 Å². The van der Waals surface area contributed by atoms with Crippen LogP contribution in [-0.4, -0.2) is 48.8 Å². The van der Waals surface area contributed by atoms with E-state index in [-0.39, 0.29) is 12.1 Å². The monoisotopic (exact) mass is 383 g/mol. The maximum absolute atomic E-state index is 12.0. The molecule has 2 atom stereocenters. The number of ether oxygens (including phenoxy) is 3. The molecule has 0 spiro atoms. The standard InChI is InChI=1S/C18H33N3O4Si/c1-18(2,3)25-17(22)19-14-8-10-24-16(14)15-7-9-21(20-15)13-23-11-12-26(4,5)6/h7,9,14,16H,8,10-13H2,1-6H3,(H,19,22)/t14-,16-/m1/s1.